The fraction of sp³-hybridized carbons (Fsp3) is 1.00. The molecule has 0 radical (unpaired) electrons. The van der Waals surface area contributed by atoms with Crippen LogP contribution < -0.4 is 5.32 Å². The van der Waals surface area contributed by atoms with Crippen LogP contribution in [0.15, 0.2) is 0 Å². The lowest BCUT2D eigenvalue weighted by molar-refractivity contribution is -0.140. The zero-order chi connectivity index (χ0) is 12.4. The van der Waals surface area contributed by atoms with Crippen molar-refractivity contribution in [1.82, 2.24) is 5.32 Å². The number of ether oxygens (including phenoxy) is 1. The lowest BCUT2D eigenvalue weighted by Crippen LogP contribution is -2.62. The minimum absolute atomic E-state index is 0.522. The third-order valence-electron chi connectivity index (χ3n) is 5.78. The Hall–Kier alpha value is -0.0800. The molecule has 0 aromatic heterocycles. The predicted molar refractivity (Wildman–Crippen MR) is 74.7 cm³/mol. The molecule has 104 valence electrons. The number of hydrogen-bond donors (Lipinski definition) is 1. The Morgan fingerprint density at radius 1 is 1.11 bits per heavy atom. The molecule has 3 aliphatic rings. The molecule has 0 bridgehead atoms. The van der Waals surface area contributed by atoms with Crippen molar-refractivity contribution in [2.45, 2.75) is 76.9 Å². The Kier molecular flexibility index (Phi) is 3.95. The topological polar surface area (TPSA) is 21.3 Å². The van der Waals surface area contributed by atoms with E-state index in [1.54, 1.807) is 0 Å². The van der Waals surface area contributed by atoms with Crippen molar-refractivity contribution in [2.24, 2.45) is 11.3 Å². The van der Waals surface area contributed by atoms with Gasteiger partial charge in [-0.1, -0.05) is 32.6 Å². The van der Waals surface area contributed by atoms with E-state index in [0.29, 0.717) is 11.5 Å². The molecule has 3 aliphatic carbocycles. The van der Waals surface area contributed by atoms with Crippen LogP contribution in [0.5, 0.6) is 0 Å². The van der Waals surface area contributed by atoms with Crippen LogP contribution >= 0.6 is 0 Å². The molecule has 0 aliphatic heterocycles. The van der Waals surface area contributed by atoms with Gasteiger partial charge in [0.05, 0.1) is 6.10 Å². The van der Waals surface area contributed by atoms with Crippen LogP contribution in [-0.4, -0.2) is 25.3 Å². The highest BCUT2D eigenvalue weighted by Crippen LogP contribution is 2.54. The van der Waals surface area contributed by atoms with Gasteiger partial charge in [-0.3, -0.25) is 0 Å². The van der Waals surface area contributed by atoms with Crippen molar-refractivity contribution in [1.29, 1.82) is 0 Å². The van der Waals surface area contributed by atoms with Crippen LogP contribution in [-0.2, 0) is 4.74 Å². The summed E-state index contributed by atoms with van der Waals surface area (Å²) < 4.78 is 6.34. The summed E-state index contributed by atoms with van der Waals surface area (Å²) in [7, 11) is 0. The summed E-state index contributed by atoms with van der Waals surface area (Å²) in [6.45, 7) is 4.39. The first-order valence-corrected chi connectivity index (χ1v) is 8.20. The SMILES string of the molecule is CCNC1CC(OCC2CCCC2)C12CCCC2. The molecule has 0 heterocycles. The summed E-state index contributed by atoms with van der Waals surface area (Å²) in [4.78, 5) is 0. The number of rotatable bonds is 5. The smallest absolute Gasteiger partial charge is 0.0661 e. The van der Waals surface area contributed by atoms with Gasteiger partial charge < -0.3 is 10.1 Å². The summed E-state index contributed by atoms with van der Waals surface area (Å²) in [5, 5.41) is 3.69. The molecule has 0 aromatic rings. The third kappa shape index (κ3) is 2.22. The van der Waals surface area contributed by atoms with E-state index in [4.69, 9.17) is 4.74 Å². The number of nitrogens with one attached hydrogen (secondary N) is 1. The predicted octanol–water partition coefficient (Wildman–Crippen LogP) is 3.50. The lowest BCUT2D eigenvalue weighted by atomic mass is 9.60. The van der Waals surface area contributed by atoms with E-state index in [1.807, 2.05) is 0 Å². The molecule has 2 heteroatoms. The largest absolute Gasteiger partial charge is 0.377 e. The average molecular weight is 251 g/mol. The van der Waals surface area contributed by atoms with Gasteiger partial charge in [-0.25, -0.2) is 0 Å². The van der Waals surface area contributed by atoms with Gasteiger partial charge >= 0.3 is 0 Å². The van der Waals surface area contributed by atoms with Crippen molar-refractivity contribution in [3.05, 3.63) is 0 Å². The van der Waals surface area contributed by atoms with E-state index >= 15 is 0 Å². The van der Waals surface area contributed by atoms with E-state index in [2.05, 4.69) is 12.2 Å². The van der Waals surface area contributed by atoms with Crippen LogP contribution in [0.25, 0.3) is 0 Å². The summed E-state index contributed by atoms with van der Waals surface area (Å²) in [6, 6.07) is 0.749. The molecule has 2 atom stereocenters. The van der Waals surface area contributed by atoms with Crippen LogP contribution in [0.2, 0.25) is 0 Å². The summed E-state index contributed by atoms with van der Waals surface area (Å²) in [6.07, 6.45) is 13.2. The van der Waals surface area contributed by atoms with Gasteiger partial charge in [-0.15, -0.1) is 0 Å². The quantitative estimate of drug-likeness (QED) is 0.807. The third-order valence-corrected chi connectivity index (χ3v) is 5.78. The average Bonchev–Trinajstić information content (AvgIpc) is 3.03. The Bertz CT molecular complexity index is 266. The molecule has 18 heavy (non-hydrogen) atoms. The molecular formula is C16H29NO. The van der Waals surface area contributed by atoms with E-state index in [1.165, 1.54) is 57.8 Å². The van der Waals surface area contributed by atoms with Gasteiger partial charge in [0, 0.05) is 18.1 Å². The molecule has 2 unspecified atom stereocenters. The Morgan fingerprint density at radius 3 is 2.50 bits per heavy atom. The summed E-state index contributed by atoms with van der Waals surface area (Å²) >= 11 is 0. The zero-order valence-corrected chi connectivity index (χ0v) is 11.9. The second-order valence-electron chi connectivity index (χ2n) is 6.76. The van der Waals surface area contributed by atoms with E-state index in [9.17, 15) is 0 Å². The van der Waals surface area contributed by atoms with Gasteiger partial charge in [-0.05, 0) is 44.6 Å². The Morgan fingerprint density at radius 2 is 1.83 bits per heavy atom. The highest BCUT2D eigenvalue weighted by atomic mass is 16.5. The fourth-order valence-electron chi connectivity index (χ4n) is 4.65. The maximum Gasteiger partial charge on any atom is 0.0661 e. The summed E-state index contributed by atoms with van der Waals surface area (Å²) in [5.41, 5.74) is 0.522. The maximum absolute atomic E-state index is 6.34. The van der Waals surface area contributed by atoms with Gasteiger partial charge in [-0.2, -0.15) is 0 Å². The molecular weight excluding hydrogens is 222 g/mol. The standard InChI is InChI=1S/C16H29NO/c1-2-17-14-11-15(16(14)9-5-6-10-16)18-12-13-7-3-4-8-13/h13-15,17H,2-12H2,1H3. The van der Waals surface area contributed by atoms with Crippen LogP contribution in [0.1, 0.15) is 64.7 Å². The second-order valence-corrected chi connectivity index (χ2v) is 6.76. The van der Waals surface area contributed by atoms with E-state index in [-0.39, 0.29) is 0 Å². The van der Waals surface area contributed by atoms with Gasteiger partial charge in [0.2, 0.25) is 0 Å². The van der Waals surface area contributed by atoms with Crippen molar-refractivity contribution in [3.63, 3.8) is 0 Å². The van der Waals surface area contributed by atoms with Gasteiger partial charge in [0.25, 0.3) is 0 Å². The molecule has 0 saturated heterocycles. The minimum atomic E-state index is 0.522. The molecule has 1 N–H and O–H groups in total. The second kappa shape index (κ2) is 5.50. The Balaban J connectivity index is 1.52. The number of hydrogen-bond acceptors (Lipinski definition) is 2. The van der Waals surface area contributed by atoms with Crippen LogP contribution in [0, 0.1) is 11.3 Å². The van der Waals surface area contributed by atoms with E-state index in [0.717, 1.165) is 25.1 Å². The van der Waals surface area contributed by atoms with Crippen molar-refractivity contribution < 1.29 is 4.74 Å². The maximum atomic E-state index is 6.34. The van der Waals surface area contributed by atoms with Crippen molar-refractivity contribution in [2.75, 3.05) is 13.2 Å². The molecule has 0 amide bonds. The fourth-order valence-corrected chi connectivity index (χ4v) is 4.65. The monoisotopic (exact) mass is 251 g/mol. The Labute approximate surface area is 112 Å². The first kappa shape index (κ1) is 12.9. The molecule has 2 nitrogen and oxygen atoms in total. The molecule has 0 aromatic carbocycles. The molecule has 3 rings (SSSR count). The van der Waals surface area contributed by atoms with Gasteiger partial charge in [0.1, 0.15) is 0 Å². The van der Waals surface area contributed by atoms with Crippen LogP contribution in [0.3, 0.4) is 0 Å². The van der Waals surface area contributed by atoms with E-state index < -0.39 is 0 Å². The normalized spacial score (nSPS) is 35.2. The van der Waals surface area contributed by atoms with Crippen molar-refractivity contribution in [3.8, 4) is 0 Å². The first-order chi connectivity index (χ1) is 8.85. The summed E-state index contributed by atoms with van der Waals surface area (Å²) in [5.74, 6) is 0.877. The van der Waals surface area contributed by atoms with Gasteiger partial charge in [0.15, 0.2) is 0 Å². The van der Waals surface area contributed by atoms with Crippen LogP contribution in [0.4, 0.5) is 0 Å². The lowest BCUT2D eigenvalue weighted by Gasteiger charge is -2.54. The zero-order valence-electron chi connectivity index (χ0n) is 11.9. The molecule has 1 spiro atoms. The molecule has 3 saturated carbocycles. The molecule has 3 fully saturated rings. The highest BCUT2D eigenvalue weighted by molar-refractivity contribution is 5.09. The highest BCUT2D eigenvalue weighted by Gasteiger charge is 2.56. The van der Waals surface area contributed by atoms with Crippen molar-refractivity contribution >= 4 is 0 Å². The minimum Gasteiger partial charge on any atom is -0.377 e. The first-order valence-electron chi connectivity index (χ1n) is 8.20.